The van der Waals surface area contributed by atoms with E-state index in [4.69, 9.17) is 4.74 Å². The summed E-state index contributed by atoms with van der Waals surface area (Å²) in [6.07, 6.45) is -1.24. The molecule has 5 rings (SSSR count). The van der Waals surface area contributed by atoms with Crippen LogP contribution in [0, 0.1) is 0 Å². The monoisotopic (exact) mass is 522 g/mol. The Labute approximate surface area is 218 Å². The van der Waals surface area contributed by atoms with Crippen molar-refractivity contribution in [2.24, 2.45) is 0 Å². The predicted octanol–water partition coefficient (Wildman–Crippen LogP) is 7.43. The predicted molar refractivity (Wildman–Crippen MR) is 140 cm³/mol. The Bertz CT molecular complexity index is 1430. The number of piperidine rings is 1. The zero-order valence-corrected chi connectivity index (χ0v) is 21.5. The highest BCUT2D eigenvalue weighted by molar-refractivity contribution is 5.80. The van der Waals surface area contributed by atoms with Crippen LogP contribution < -0.4 is 0 Å². The Hall–Kier alpha value is -3.88. The molecular formula is C29H29F3N4O2. The van der Waals surface area contributed by atoms with E-state index < -0.39 is 17.3 Å². The van der Waals surface area contributed by atoms with Gasteiger partial charge in [0.25, 0.3) is 0 Å². The number of hydrogen-bond acceptors (Lipinski definition) is 4. The standard InChI is InChI=1S/C29H29F3N4O2/c1-28(2,3)38-27(37)36-14-12-19(13-15-36)18-4-6-20(7-5-18)23-10-8-21(17-33-23)26-34-24-11-9-22(29(30,31)32)16-25(24)35-26/h4-11,16-17,19H,12-15H2,1-3H3,(H,34,35). The molecule has 1 aliphatic rings. The molecule has 0 radical (unpaired) electrons. The molecule has 1 fully saturated rings. The minimum atomic E-state index is -4.41. The number of nitrogens with zero attached hydrogens (tertiary/aromatic N) is 3. The van der Waals surface area contributed by atoms with Crippen LogP contribution in [0.25, 0.3) is 33.7 Å². The molecule has 1 saturated heterocycles. The zero-order valence-electron chi connectivity index (χ0n) is 21.5. The normalized spacial score (nSPS) is 15.2. The highest BCUT2D eigenvalue weighted by Gasteiger charge is 2.31. The third kappa shape index (κ3) is 5.66. The van der Waals surface area contributed by atoms with Crippen LogP contribution in [0.3, 0.4) is 0 Å². The number of likely N-dealkylation sites (tertiary alicyclic amines) is 1. The van der Waals surface area contributed by atoms with Crippen LogP contribution >= 0.6 is 0 Å². The number of fused-ring (bicyclic) bond motifs is 1. The number of amides is 1. The number of pyridine rings is 1. The molecule has 3 heterocycles. The van der Waals surface area contributed by atoms with Crippen LogP contribution in [0.5, 0.6) is 0 Å². The average Bonchev–Trinajstić information content (AvgIpc) is 3.31. The average molecular weight is 523 g/mol. The number of halogens is 3. The SMILES string of the molecule is CC(C)(C)OC(=O)N1CCC(c2ccc(-c3ccc(-c4nc5cc(C(F)(F)F)ccc5[nH]4)cn3)cc2)CC1. The number of rotatable bonds is 3. The Balaban J connectivity index is 1.24. The van der Waals surface area contributed by atoms with E-state index in [1.54, 1.807) is 11.1 Å². The van der Waals surface area contributed by atoms with Crippen molar-refractivity contribution < 1.29 is 22.7 Å². The van der Waals surface area contributed by atoms with Gasteiger partial charge in [0.1, 0.15) is 11.4 Å². The van der Waals surface area contributed by atoms with Crippen LogP contribution in [0.2, 0.25) is 0 Å². The molecule has 0 saturated carbocycles. The van der Waals surface area contributed by atoms with Gasteiger partial charge in [0.2, 0.25) is 0 Å². The first-order valence-corrected chi connectivity index (χ1v) is 12.6. The summed E-state index contributed by atoms with van der Waals surface area (Å²) in [7, 11) is 0. The topological polar surface area (TPSA) is 71.1 Å². The van der Waals surface area contributed by atoms with Crippen LogP contribution in [0.15, 0.2) is 60.8 Å². The third-order valence-electron chi connectivity index (χ3n) is 6.67. The van der Waals surface area contributed by atoms with Crippen molar-refractivity contribution in [2.75, 3.05) is 13.1 Å². The molecule has 38 heavy (non-hydrogen) atoms. The van der Waals surface area contributed by atoms with Gasteiger partial charge in [-0.05, 0) is 75.4 Å². The number of carbonyl (C=O) groups is 1. The number of benzene rings is 2. The highest BCUT2D eigenvalue weighted by Crippen LogP contribution is 2.33. The number of hydrogen-bond donors (Lipinski definition) is 1. The minimum absolute atomic E-state index is 0.255. The van der Waals surface area contributed by atoms with Crippen molar-refractivity contribution in [2.45, 2.75) is 51.3 Å². The molecule has 1 amide bonds. The summed E-state index contributed by atoms with van der Waals surface area (Å²) in [6, 6.07) is 15.5. The lowest BCUT2D eigenvalue weighted by Crippen LogP contribution is -2.41. The van der Waals surface area contributed by atoms with Crippen molar-refractivity contribution >= 4 is 17.1 Å². The molecule has 2 aromatic heterocycles. The van der Waals surface area contributed by atoms with Crippen molar-refractivity contribution in [3.63, 3.8) is 0 Å². The smallest absolute Gasteiger partial charge is 0.416 e. The second kappa shape index (κ2) is 9.78. The Morgan fingerprint density at radius 3 is 2.26 bits per heavy atom. The second-order valence-corrected chi connectivity index (χ2v) is 10.6. The van der Waals surface area contributed by atoms with Crippen molar-refractivity contribution in [1.29, 1.82) is 0 Å². The number of carbonyl (C=O) groups excluding carboxylic acids is 1. The van der Waals surface area contributed by atoms with Gasteiger partial charge < -0.3 is 14.6 Å². The molecule has 198 valence electrons. The number of alkyl halides is 3. The summed E-state index contributed by atoms with van der Waals surface area (Å²) >= 11 is 0. The van der Waals surface area contributed by atoms with Crippen molar-refractivity contribution in [3.05, 3.63) is 71.9 Å². The van der Waals surface area contributed by atoms with Crippen LogP contribution in [-0.2, 0) is 10.9 Å². The number of aromatic nitrogens is 3. The number of nitrogens with one attached hydrogen (secondary N) is 1. The fourth-order valence-electron chi connectivity index (χ4n) is 4.67. The van der Waals surface area contributed by atoms with E-state index in [0.29, 0.717) is 35.9 Å². The molecule has 0 unspecified atom stereocenters. The fraction of sp³-hybridized carbons (Fsp3) is 0.345. The lowest BCUT2D eigenvalue weighted by Gasteiger charge is -2.33. The third-order valence-corrected chi connectivity index (χ3v) is 6.67. The van der Waals surface area contributed by atoms with Gasteiger partial charge in [0, 0.05) is 30.4 Å². The molecule has 0 spiro atoms. The largest absolute Gasteiger partial charge is 0.444 e. The number of aromatic amines is 1. The second-order valence-electron chi connectivity index (χ2n) is 10.6. The van der Waals surface area contributed by atoms with Gasteiger partial charge in [-0.2, -0.15) is 13.2 Å². The van der Waals surface area contributed by atoms with Gasteiger partial charge in [-0.1, -0.05) is 24.3 Å². The van der Waals surface area contributed by atoms with E-state index in [2.05, 4.69) is 27.1 Å². The van der Waals surface area contributed by atoms with Gasteiger partial charge in [0.15, 0.2) is 0 Å². The van der Waals surface area contributed by atoms with Gasteiger partial charge in [0.05, 0.1) is 22.3 Å². The van der Waals surface area contributed by atoms with E-state index in [9.17, 15) is 18.0 Å². The number of ether oxygens (including phenoxy) is 1. The lowest BCUT2D eigenvalue weighted by atomic mass is 9.89. The van der Waals surface area contributed by atoms with Crippen molar-refractivity contribution in [1.82, 2.24) is 19.9 Å². The van der Waals surface area contributed by atoms with Gasteiger partial charge in [-0.3, -0.25) is 4.98 Å². The molecule has 1 N–H and O–H groups in total. The van der Waals surface area contributed by atoms with E-state index in [1.807, 2.05) is 45.0 Å². The maximum atomic E-state index is 13.0. The van der Waals surface area contributed by atoms with Crippen LogP contribution in [0.4, 0.5) is 18.0 Å². The zero-order chi connectivity index (χ0) is 27.1. The Morgan fingerprint density at radius 1 is 0.974 bits per heavy atom. The summed E-state index contributed by atoms with van der Waals surface area (Å²) in [4.78, 5) is 26.0. The van der Waals surface area contributed by atoms with Crippen LogP contribution in [-0.4, -0.2) is 44.6 Å². The molecule has 2 aromatic carbocycles. The van der Waals surface area contributed by atoms with E-state index in [0.717, 1.165) is 36.2 Å². The summed E-state index contributed by atoms with van der Waals surface area (Å²) in [5.74, 6) is 0.843. The van der Waals surface area contributed by atoms with Gasteiger partial charge in [-0.25, -0.2) is 9.78 Å². The summed E-state index contributed by atoms with van der Waals surface area (Å²) in [6.45, 7) is 6.96. The molecular weight excluding hydrogens is 493 g/mol. The molecule has 6 nitrogen and oxygen atoms in total. The summed E-state index contributed by atoms with van der Waals surface area (Å²) in [5.41, 5.74) is 3.23. The molecule has 4 aromatic rings. The van der Waals surface area contributed by atoms with Gasteiger partial charge >= 0.3 is 12.3 Å². The first kappa shape index (κ1) is 25.8. The molecule has 0 bridgehead atoms. The molecule has 0 aliphatic carbocycles. The molecule has 1 aliphatic heterocycles. The maximum absolute atomic E-state index is 13.0. The maximum Gasteiger partial charge on any atom is 0.416 e. The first-order chi connectivity index (χ1) is 18.0. The van der Waals surface area contributed by atoms with E-state index >= 15 is 0 Å². The number of H-pyrrole nitrogens is 1. The quantitative estimate of drug-likeness (QED) is 0.304. The summed E-state index contributed by atoms with van der Waals surface area (Å²) < 4.78 is 44.5. The minimum Gasteiger partial charge on any atom is -0.444 e. The van der Waals surface area contributed by atoms with Gasteiger partial charge in [-0.15, -0.1) is 0 Å². The molecule has 9 heteroatoms. The lowest BCUT2D eigenvalue weighted by molar-refractivity contribution is -0.137. The van der Waals surface area contributed by atoms with E-state index in [-0.39, 0.29) is 11.6 Å². The Kier molecular flexibility index (Phi) is 6.63. The number of imidazole rings is 1. The highest BCUT2D eigenvalue weighted by atomic mass is 19.4. The van der Waals surface area contributed by atoms with E-state index in [1.165, 1.54) is 11.6 Å². The molecule has 0 atom stereocenters. The fourth-order valence-corrected chi connectivity index (χ4v) is 4.67. The first-order valence-electron chi connectivity index (χ1n) is 12.6. The van der Waals surface area contributed by atoms with Crippen molar-refractivity contribution in [3.8, 4) is 22.6 Å². The van der Waals surface area contributed by atoms with Crippen LogP contribution in [0.1, 0.15) is 50.7 Å². The Morgan fingerprint density at radius 2 is 1.66 bits per heavy atom. The summed E-state index contributed by atoms with van der Waals surface area (Å²) in [5, 5.41) is 0.